The maximum atomic E-state index is 13.1. The van der Waals surface area contributed by atoms with Crippen molar-refractivity contribution in [3.05, 3.63) is 42.5 Å². The zero-order valence-electron chi connectivity index (χ0n) is 10.2. The highest BCUT2D eigenvalue weighted by Crippen LogP contribution is 2.18. The fourth-order valence-corrected chi connectivity index (χ4v) is 1.48. The van der Waals surface area contributed by atoms with Crippen molar-refractivity contribution in [3.8, 4) is 11.1 Å². The Kier molecular flexibility index (Phi) is 3.70. The van der Waals surface area contributed by atoms with Gasteiger partial charge in [-0.3, -0.25) is 4.79 Å². The zero-order chi connectivity index (χ0) is 13.8. The fraction of sp³-hybridized carbons (Fsp3) is 0.154. The van der Waals surface area contributed by atoms with Crippen LogP contribution in [0.5, 0.6) is 0 Å². The van der Waals surface area contributed by atoms with E-state index in [0.29, 0.717) is 11.1 Å². The molecule has 1 aromatic heterocycles. The van der Waals surface area contributed by atoms with E-state index in [1.165, 1.54) is 31.5 Å². The van der Waals surface area contributed by atoms with Crippen molar-refractivity contribution in [2.24, 2.45) is 0 Å². The number of hydrogen-bond acceptors (Lipinski definition) is 4. The fourth-order valence-electron chi connectivity index (χ4n) is 1.48. The monoisotopic (exact) mass is 261 g/mol. The summed E-state index contributed by atoms with van der Waals surface area (Å²) in [5.41, 5.74) is 1.32. The van der Waals surface area contributed by atoms with E-state index in [0.717, 1.165) is 0 Å². The Labute approximate surface area is 109 Å². The normalized spacial score (nSPS) is 11.9. The number of anilines is 1. The molecule has 0 saturated heterocycles. The number of aromatic nitrogens is 2. The van der Waals surface area contributed by atoms with Crippen LogP contribution in [0.25, 0.3) is 11.1 Å². The number of benzene rings is 1. The summed E-state index contributed by atoms with van der Waals surface area (Å²) < 4.78 is 13.1. The third kappa shape index (κ3) is 3.25. The Hall–Kier alpha value is -2.50. The van der Waals surface area contributed by atoms with Crippen LogP contribution in [-0.4, -0.2) is 27.1 Å². The van der Waals surface area contributed by atoms with Crippen molar-refractivity contribution < 1.29 is 14.3 Å². The number of hydrogen-bond donors (Lipinski definition) is 2. The molecule has 0 aliphatic carbocycles. The van der Waals surface area contributed by atoms with Gasteiger partial charge in [-0.1, -0.05) is 12.1 Å². The van der Waals surface area contributed by atoms with E-state index >= 15 is 0 Å². The molecule has 0 bridgehead atoms. The maximum absolute atomic E-state index is 13.1. The number of aliphatic carboxylic acids is 1. The van der Waals surface area contributed by atoms with Crippen LogP contribution in [0, 0.1) is 5.82 Å². The average Bonchev–Trinajstić information content (AvgIpc) is 2.39. The summed E-state index contributed by atoms with van der Waals surface area (Å²) in [6.07, 6.45) is 3.03. The van der Waals surface area contributed by atoms with Crippen molar-refractivity contribution in [1.29, 1.82) is 0 Å². The van der Waals surface area contributed by atoms with Gasteiger partial charge in [0, 0.05) is 18.0 Å². The molecule has 1 heterocycles. The molecule has 0 aliphatic heterocycles. The quantitative estimate of drug-likeness (QED) is 0.882. The lowest BCUT2D eigenvalue weighted by molar-refractivity contribution is -0.137. The molecule has 1 unspecified atom stereocenters. The lowest BCUT2D eigenvalue weighted by Gasteiger charge is -2.09. The van der Waals surface area contributed by atoms with E-state index in [1.54, 1.807) is 12.1 Å². The van der Waals surface area contributed by atoms with Crippen LogP contribution in [0.4, 0.5) is 10.3 Å². The zero-order valence-corrected chi connectivity index (χ0v) is 10.2. The summed E-state index contributed by atoms with van der Waals surface area (Å²) in [5.74, 6) is -1.10. The van der Waals surface area contributed by atoms with Gasteiger partial charge in [0.25, 0.3) is 0 Å². The molecule has 0 amide bonds. The molecule has 0 aliphatic rings. The standard InChI is InChI=1S/C13H12FN3O2/c1-8(12(18)19)17-13-15-6-10(7-16-13)9-3-2-4-11(14)5-9/h2-8H,1H3,(H,18,19)(H,15,16,17). The Morgan fingerprint density at radius 1 is 1.32 bits per heavy atom. The predicted octanol–water partition coefficient (Wildman–Crippen LogP) is 2.17. The lowest BCUT2D eigenvalue weighted by atomic mass is 10.1. The molecule has 98 valence electrons. The SMILES string of the molecule is CC(Nc1ncc(-c2cccc(F)c2)cn1)C(=O)O. The molecule has 0 radical (unpaired) electrons. The van der Waals surface area contributed by atoms with Crippen LogP contribution in [0.2, 0.25) is 0 Å². The Bertz CT molecular complexity index is 587. The summed E-state index contributed by atoms with van der Waals surface area (Å²) in [6.45, 7) is 1.49. The van der Waals surface area contributed by atoms with E-state index in [2.05, 4.69) is 15.3 Å². The van der Waals surface area contributed by atoms with Crippen LogP contribution < -0.4 is 5.32 Å². The average molecular weight is 261 g/mol. The number of carboxylic acid groups (broad SMARTS) is 1. The molecule has 19 heavy (non-hydrogen) atoms. The van der Waals surface area contributed by atoms with E-state index in [-0.39, 0.29) is 11.8 Å². The van der Waals surface area contributed by atoms with Crippen molar-refractivity contribution in [2.75, 3.05) is 5.32 Å². The summed E-state index contributed by atoms with van der Waals surface area (Å²) >= 11 is 0. The molecule has 0 spiro atoms. The molecule has 0 saturated carbocycles. The smallest absolute Gasteiger partial charge is 0.325 e. The highest BCUT2D eigenvalue weighted by molar-refractivity contribution is 5.76. The third-order valence-corrected chi connectivity index (χ3v) is 2.53. The largest absolute Gasteiger partial charge is 0.480 e. The maximum Gasteiger partial charge on any atom is 0.325 e. The second kappa shape index (κ2) is 5.43. The minimum absolute atomic E-state index is 0.218. The number of carboxylic acids is 1. The molecule has 2 aromatic rings. The Morgan fingerprint density at radius 3 is 2.58 bits per heavy atom. The number of halogens is 1. The first-order chi connectivity index (χ1) is 9.06. The number of carbonyl (C=O) groups is 1. The molecule has 5 nitrogen and oxygen atoms in total. The van der Waals surface area contributed by atoms with Gasteiger partial charge < -0.3 is 10.4 Å². The molecule has 1 aromatic carbocycles. The van der Waals surface area contributed by atoms with Crippen LogP contribution in [0.1, 0.15) is 6.92 Å². The van der Waals surface area contributed by atoms with Crippen molar-refractivity contribution in [1.82, 2.24) is 9.97 Å². The highest BCUT2D eigenvalue weighted by Gasteiger charge is 2.11. The van der Waals surface area contributed by atoms with Crippen LogP contribution in [-0.2, 0) is 4.79 Å². The minimum Gasteiger partial charge on any atom is -0.480 e. The number of nitrogens with one attached hydrogen (secondary N) is 1. The van der Waals surface area contributed by atoms with Crippen molar-refractivity contribution >= 4 is 11.9 Å². The van der Waals surface area contributed by atoms with Gasteiger partial charge in [0.05, 0.1) is 0 Å². The summed E-state index contributed by atoms with van der Waals surface area (Å²) in [7, 11) is 0. The summed E-state index contributed by atoms with van der Waals surface area (Å²) in [4.78, 5) is 18.7. The first-order valence-corrected chi connectivity index (χ1v) is 5.63. The van der Waals surface area contributed by atoms with E-state index in [1.807, 2.05) is 0 Å². The van der Waals surface area contributed by atoms with Gasteiger partial charge >= 0.3 is 5.97 Å². The van der Waals surface area contributed by atoms with Crippen LogP contribution >= 0.6 is 0 Å². The van der Waals surface area contributed by atoms with E-state index < -0.39 is 12.0 Å². The lowest BCUT2D eigenvalue weighted by Crippen LogP contribution is -2.26. The van der Waals surface area contributed by atoms with E-state index in [4.69, 9.17) is 5.11 Å². The Balaban J connectivity index is 2.17. The van der Waals surface area contributed by atoms with Gasteiger partial charge in [-0.05, 0) is 24.6 Å². The topological polar surface area (TPSA) is 75.1 Å². The van der Waals surface area contributed by atoms with Gasteiger partial charge in [-0.25, -0.2) is 14.4 Å². The summed E-state index contributed by atoms with van der Waals surface area (Å²) in [6, 6.07) is 5.30. The highest BCUT2D eigenvalue weighted by atomic mass is 19.1. The first-order valence-electron chi connectivity index (χ1n) is 5.63. The molecule has 0 fully saturated rings. The minimum atomic E-state index is -0.988. The van der Waals surface area contributed by atoms with Gasteiger partial charge in [-0.2, -0.15) is 0 Å². The van der Waals surface area contributed by atoms with Crippen LogP contribution in [0.3, 0.4) is 0 Å². The van der Waals surface area contributed by atoms with Gasteiger partial charge in [0.15, 0.2) is 0 Å². The van der Waals surface area contributed by atoms with Crippen molar-refractivity contribution in [3.63, 3.8) is 0 Å². The molecule has 2 rings (SSSR count). The Morgan fingerprint density at radius 2 is 2.00 bits per heavy atom. The van der Waals surface area contributed by atoms with Crippen LogP contribution in [0.15, 0.2) is 36.7 Å². The second-order valence-electron chi connectivity index (χ2n) is 4.01. The second-order valence-corrected chi connectivity index (χ2v) is 4.01. The first kappa shape index (κ1) is 12.9. The number of rotatable bonds is 4. The third-order valence-electron chi connectivity index (χ3n) is 2.53. The number of nitrogens with zero attached hydrogens (tertiary/aromatic N) is 2. The van der Waals surface area contributed by atoms with Crippen molar-refractivity contribution in [2.45, 2.75) is 13.0 Å². The summed E-state index contributed by atoms with van der Waals surface area (Å²) in [5, 5.41) is 11.4. The molecule has 1 atom stereocenters. The van der Waals surface area contributed by atoms with Gasteiger partial charge in [0.1, 0.15) is 11.9 Å². The molecular formula is C13H12FN3O2. The van der Waals surface area contributed by atoms with Gasteiger partial charge in [0.2, 0.25) is 5.95 Å². The molecule has 6 heteroatoms. The molecule has 2 N–H and O–H groups in total. The predicted molar refractivity (Wildman–Crippen MR) is 68.1 cm³/mol. The van der Waals surface area contributed by atoms with Gasteiger partial charge in [-0.15, -0.1) is 0 Å². The van der Waals surface area contributed by atoms with E-state index in [9.17, 15) is 9.18 Å². The molecular weight excluding hydrogens is 249 g/mol.